The van der Waals surface area contributed by atoms with Crippen molar-refractivity contribution >= 4 is 16.1 Å². The van der Waals surface area contributed by atoms with E-state index in [1.165, 1.54) is 40.4 Å². The second-order valence-electron chi connectivity index (χ2n) is 5.66. The van der Waals surface area contributed by atoms with Crippen LogP contribution in [0.4, 0.5) is 0 Å². The second-order valence-corrected chi connectivity index (χ2v) is 7.91. The topological polar surface area (TPSA) is 69.7 Å². The van der Waals surface area contributed by atoms with Gasteiger partial charge in [-0.3, -0.25) is 4.79 Å². The van der Waals surface area contributed by atoms with Crippen molar-refractivity contribution in [1.29, 1.82) is 0 Å². The molecule has 118 valence electrons. The van der Waals surface area contributed by atoms with Gasteiger partial charge in [0.05, 0.1) is 6.54 Å². The summed E-state index contributed by atoms with van der Waals surface area (Å²) in [4.78, 5) is 12.0. The third kappa shape index (κ3) is 5.38. The highest BCUT2D eigenvalue weighted by atomic mass is 32.2. The van der Waals surface area contributed by atoms with Gasteiger partial charge in [-0.15, -0.1) is 0 Å². The predicted octanol–water partition coefficient (Wildman–Crippen LogP) is 0.954. The van der Waals surface area contributed by atoms with Crippen LogP contribution >= 0.6 is 0 Å². The Balaban J connectivity index is 2.46. The van der Waals surface area contributed by atoms with Crippen LogP contribution in [0.15, 0.2) is 0 Å². The van der Waals surface area contributed by atoms with Gasteiger partial charge in [-0.1, -0.05) is 32.1 Å². The van der Waals surface area contributed by atoms with E-state index in [1.807, 2.05) is 0 Å². The average Bonchev–Trinajstić information content (AvgIpc) is 2.32. The van der Waals surface area contributed by atoms with Crippen LogP contribution in [0.25, 0.3) is 0 Å². The molecule has 1 aliphatic carbocycles. The van der Waals surface area contributed by atoms with Crippen molar-refractivity contribution in [2.75, 3.05) is 27.7 Å². The minimum absolute atomic E-state index is 0.128. The van der Waals surface area contributed by atoms with Crippen LogP contribution < -0.4 is 5.32 Å². The molecule has 1 saturated carbocycles. The summed E-state index contributed by atoms with van der Waals surface area (Å²) in [5.41, 5.74) is 0. The third-order valence-corrected chi connectivity index (χ3v) is 5.53. The molecule has 1 N–H and O–H groups in total. The van der Waals surface area contributed by atoms with Gasteiger partial charge < -0.3 is 5.32 Å². The van der Waals surface area contributed by atoms with Crippen LogP contribution in [-0.4, -0.2) is 56.7 Å². The number of likely N-dealkylation sites (N-methyl/N-ethyl adjacent to an activating group) is 1. The molecule has 6 nitrogen and oxygen atoms in total. The summed E-state index contributed by atoms with van der Waals surface area (Å²) >= 11 is 0. The fourth-order valence-electron chi connectivity index (χ4n) is 2.44. The van der Waals surface area contributed by atoms with Gasteiger partial charge >= 0.3 is 0 Å². The summed E-state index contributed by atoms with van der Waals surface area (Å²) < 4.78 is 25.8. The summed E-state index contributed by atoms with van der Waals surface area (Å²) in [5, 5.41) is 2.96. The Morgan fingerprint density at radius 1 is 1.05 bits per heavy atom. The lowest BCUT2D eigenvalue weighted by atomic mass is 9.97. The van der Waals surface area contributed by atoms with E-state index >= 15 is 0 Å². The molecule has 1 amide bonds. The first-order valence-electron chi connectivity index (χ1n) is 7.27. The quantitative estimate of drug-likeness (QED) is 0.822. The fourth-order valence-corrected chi connectivity index (χ4v) is 3.27. The van der Waals surface area contributed by atoms with Gasteiger partial charge in [-0.05, 0) is 12.8 Å². The smallest absolute Gasteiger partial charge is 0.281 e. The average molecular weight is 305 g/mol. The van der Waals surface area contributed by atoms with Gasteiger partial charge in [0.2, 0.25) is 5.91 Å². The number of carbonyl (C=O) groups excluding carboxylic acids is 1. The maximum atomic E-state index is 12.0. The zero-order chi connectivity index (χ0) is 15.2. The van der Waals surface area contributed by atoms with Gasteiger partial charge in [0.25, 0.3) is 10.2 Å². The lowest BCUT2D eigenvalue weighted by molar-refractivity contribution is -0.122. The highest BCUT2D eigenvalue weighted by Crippen LogP contribution is 2.17. The molecule has 0 bridgehead atoms. The van der Waals surface area contributed by atoms with Crippen molar-refractivity contribution < 1.29 is 13.2 Å². The van der Waals surface area contributed by atoms with Gasteiger partial charge in [-0.25, -0.2) is 0 Å². The Morgan fingerprint density at radius 2 is 1.55 bits per heavy atom. The molecule has 0 spiro atoms. The summed E-state index contributed by atoms with van der Waals surface area (Å²) in [6, 6.07) is 0.193. The molecule has 0 aliphatic heterocycles. The molecule has 7 heteroatoms. The number of rotatable bonds is 5. The predicted molar refractivity (Wildman–Crippen MR) is 79.5 cm³/mol. The van der Waals surface area contributed by atoms with E-state index in [9.17, 15) is 13.2 Å². The molecule has 0 aromatic rings. The lowest BCUT2D eigenvalue weighted by Crippen LogP contribution is -2.45. The van der Waals surface area contributed by atoms with Crippen molar-refractivity contribution in [2.24, 2.45) is 0 Å². The Hall–Kier alpha value is -0.660. The molecule has 0 saturated heterocycles. The number of nitrogens with one attached hydrogen (secondary N) is 1. The van der Waals surface area contributed by atoms with E-state index in [-0.39, 0.29) is 18.5 Å². The number of amides is 1. The van der Waals surface area contributed by atoms with Crippen LogP contribution in [-0.2, 0) is 15.0 Å². The Morgan fingerprint density at radius 3 is 2.05 bits per heavy atom. The number of hydrogen-bond acceptors (Lipinski definition) is 3. The van der Waals surface area contributed by atoms with Crippen molar-refractivity contribution in [3.8, 4) is 0 Å². The largest absolute Gasteiger partial charge is 0.352 e. The second kappa shape index (κ2) is 7.95. The van der Waals surface area contributed by atoms with E-state index in [4.69, 9.17) is 0 Å². The maximum Gasteiger partial charge on any atom is 0.281 e. The van der Waals surface area contributed by atoms with Crippen LogP contribution in [0.2, 0.25) is 0 Å². The van der Waals surface area contributed by atoms with E-state index < -0.39 is 10.2 Å². The summed E-state index contributed by atoms with van der Waals surface area (Å²) in [7, 11) is 0.817. The SMILES string of the molecule is CN(C)S(=O)(=O)N(C)CC(=O)NC1CCCCCCC1. The monoisotopic (exact) mass is 305 g/mol. The first-order chi connectivity index (χ1) is 9.34. The number of nitrogens with zero attached hydrogens (tertiary/aromatic N) is 2. The fraction of sp³-hybridized carbons (Fsp3) is 0.923. The highest BCUT2D eigenvalue weighted by molar-refractivity contribution is 7.86. The van der Waals surface area contributed by atoms with E-state index in [1.54, 1.807) is 0 Å². The summed E-state index contributed by atoms with van der Waals surface area (Å²) in [5.74, 6) is -0.219. The molecule has 0 unspecified atom stereocenters. The van der Waals surface area contributed by atoms with Crippen molar-refractivity contribution in [3.63, 3.8) is 0 Å². The first-order valence-corrected chi connectivity index (χ1v) is 8.67. The van der Waals surface area contributed by atoms with E-state index in [0.29, 0.717) is 0 Å². The molecular weight excluding hydrogens is 278 g/mol. The molecule has 0 radical (unpaired) electrons. The zero-order valence-electron chi connectivity index (χ0n) is 12.8. The van der Waals surface area contributed by atoms with Crippen molar-refractivity contribution in [1.82, 2.24) is 13.9 Å². The van der Waals surface area contributed by atoms with Gasteiger partial charge in [-0.2, -0.15) is 17.0 Å². The van der Waals surface area contributed by atoms with Gasteiger partial charge in [0.15, 0.2) is 0 Å². The Bertz CT molecular complexity index is 401. The Kier molecular flexibility index (Phi) is 6.91. The molecule has 0 atom stereocenters. The number of carbonyl (C=O) groups is 1. The van der Waals surface area contributed by atoms with Gasteiger partial charge in [0.1, 0.15) is 0 Å². The van der Waals surface area contributed by atoms with E-state index in [0.717, 1.165) is 34.3 Å². The Labute approximate surface area is 122 Å². The molecule has 0 aromatic heterocycles. The van der Waals surface area contributed by atoms with Crippen LogP contribution in [0.1, 0.15) is 44.9 Å². The molecule has 1 fully saturated rings. The van der Waals surface area contributed by atoms with Crippen LogP contribution in [0.5, 0.6) is 0 Å². The maximum absolute atomic E-state index is 12.0. The van der Waals surface area contributed by atoms with Crippen LogP contribution in [0.3, 0.4) is 0 Å². The molecule has 20 heavy (non-hydrogen) atoms. The minimum Gasteiger partial charge on any atom is -0.352 e. The van der Waals surface area contributed by atoms with Crippen LogP contribution in [0, 0.1) is 0 Å². The van der Waals surface area contributed by atoms with Crippen molar-refractivity contribution in [3.05, 3.63) is 0 Å². The molecule has 0 aromatic carbocycles. The first kappa shape index (κ1) is 17.4. The number of hydrogen-bond donors (Lipinski definition) is 1. The molecule has 0 heterocycles. The summed E-state index contributed by atoms with van der Waals surface area (Å²) in [6.07, 6.45) is 7.99. The molecule has 1 rings (SSSR count). The lowest BCUT2D eigenvalue weighted by Gasteiger charge is -2.24. The van der Waals surface area contributed by atoms with Gasteiger partial charge in [0, 0.05) is 27.2 Å². The van der Waals surface area contributed by atoms with Crippen molar-refractivity contribution in [2.45, 2.75) is 51.0 Å². The normalized spacial score (nSPS) is 18.9. The minimum atomic E-state index is -3.52. The van der Waals surface area contributed by atoms with E-state index in [2.05, 4.69) is 5.32 Å². The summed E-state index contributed by atoms with van der Waals surface area (Å²) in [6.45, 7) is -0.128. The standard InChI is InChI=1S/C13H27N3O3S/c1-15(2)20(18,19)16(3)11-13(17)14-12-9-7-5-4-6-8-10-12/h12H,4-11H2,1-3H3,(H,14,17). The molecule has 1 aliphatic rings. The zero-order valence-corrected chi connectivity index (χ0v) is 13.6. The highest BCUT2D eigenvalue weighted by Gasteiger charge is 2.23. The third-order valence-electron chi connectivity index (χ3n) is 3.69. The molecular formula is C13H27N3O3S.